The first-order chi connectivity index (χ1) is 9.79. The molecule has 0 radical (unpaired) electrons. The van der Waals surface area contributed by atoms with Crippen LogP contribution in [0.5, 0.6) is 0 Å². The van der Waals surface area contributed by atoms with Crippen molar-refractivity contribution >= 4 is 5.78 Å². The minimum atomic E-state index is 0.0891. The third-order valence-electron chi connectivity index (χ3n) is 3.73. The van der Waals surface area contributed by atoms with Crippen LogP contribution in [-0.4, -0.2) is 54.7 Å². The number of Topliss-reactive ketones (excluding diaryl/α,β-unsaturated/α-hetero) is 1. The summed E-state index contributed by atoms with van der Waals surface area (Å²) in [6.45, 7) is 3.28. The number of piperidine rings is 1. The molecular weight excluding hydrogens is 254 g/mol. The van der Waals surface area contributed by atoms with Crippen LogP contribution in [0.3, 0.4) is 0 Å². The van der Waals surface area contributed by atoms with Crippen LogP contribution in [0.15, 0.2) is 30.3 Å². The summed E-state index contributed by atoms with van der Waals surface area (Å²) >= 11 is 0. The lowest BCUT2D eigenvalue weighted by atomic mass is 10.1. The van der Waals surface area contributed by atoms with Crippen molar-refractivity contribution in [3.8, 4) is 0 Å². The van der Waals surface area contributed by atoms with Gasteiger partial charge in [0, 0.05) is 31.6 Å². The van der Waals surface area contributed by atoms with Gasteiger partial charge in [0.1, 0.15) is 0 Å². The summed E-state index contributed by atoms with van der Waals surface area (Å²) in [7, 11) is 0. The van der Waals surface area contributed by atoms with E-state index in [4.69, 9.17) is 9.84 Å². The Morgan fingerprint density at radius 1 is 1.25 bits per heavy atom. The minimum absolute atomic E-state index is 0.0891. The zero-order valence-corrected chi connectivity index (χ0v) is 11.8. The van der Waals surface area contributed by atoms with Crippen molar-refractivity contribution in [1.82, 2.24) is 4.90 Å². The fraction of sp³-hybridized carbons (Fsp3) is 0.562. The van der Waals surface area contributed by atoms with Crippen LogP contribution in [0.4, 0.5) is 0 Å². The molecule has 0 amide bonds. The van der Waals surface area contributed by atoms with Gasteiger partial charge in [-0.3, -0.25) is 4.79 Å². The third kappa shape index (κ3) is 4.71. The minimum Gasteiger partial charge on any atom is -0.394 e. The van der Waals surface area contributed by atoms with Gasteiger partial charge >= 0.3 is 0 Å². The van der Waals surface area contributed by atoms with E-state index in [-0.39, 0.29) is 18.5 Å². The molecular formula is C16H23NO3. The van der Waals surface area contributed by atoms with E-state index in [0.29, 0.717) is 13.0 Å². The van der Waals surface area contributed by atoms with Gasteiger partial charge < -0.3 is 14.7 Å². The molecule has 1 aromatic rings. The first kappa shape index (κ1) is 15.2. The quantitative estimate of drug-likeness (QED) is 0.771. The maximum Gasteiger partial charge on any atom is 0.164 e. The number of likely N-dealkylation sites (tertiary alicyclic amines) is 1. The summed E-state index contributed by atoms with van der Waals surface area (Å²) in [6.07, 6.45) is 2.81. The summed E-state index contributed by atoms with van der Waals surface area (Å²) in [5, 5.41) is 8.73. The van der Waals surface area contributed by atoms with Crippen LogP contribution < -0.4 is 0 Å². The van der Waals surface area contributed by atoms with Crippen LogP contribution in [-0.2, 0) is 4.74 Å². The van der Waals surface area contributed by atoms with Crippen molar-refractivity contribution < 1.29 is 14.6 Å². The Labute approximate surface area is 120 Å². The van der Waals surface area contributed by atoms with Crippen LogP contribution in [0.2, 0.25) is 0 Å². The smallest absolute Gasteiger partial charge is 0.164 e. The predicted octanol–water partition coefficient (Wildman–Crippen LogP) is 1.73. The fourth-order valence-corrected chi connectivity index (χ4v) is 2.55. The molecule has 0 spiro atoms. The van der Waals surface area contributed by atoms with Gasteiger partial charge in [-0.25, -0.2) is 0 Å². The number of aliphatic hydroxyl groups is 1. The van der Waals surface area contributed by atoms with Crippen LogP contribution >= 0.6 is 0 Å². The SMILES string of the molecule is O=C(CCN1CCC(OCCO)CC1)c1ccccc1. The lowest BCUT2D eigenvalue weighted by molar-refractivity contribution is -0.00760. The molecule has 1 aliphatic heterocycles. The van der Waals surface area contributed by atoms with Crippen molar-refractivity contribution in [2.45, 2.75) is 25.4 Å². The first-order valence-electron chi connectivity index (χ1n) is 7.32. The molecule has 2 rings (SSSR count). The molecule has 1 saturated heterocycles. The number of nitrogens with zero attached hydrogens (tertiary/aromatic N) is 1. The highest BCUT2D eigenvalue weighted by Gasteiger charge is 2.19. The van der Waals surface area contributed by atoms with Crippen LogP contribution in [0.25, 0.3) is 0 Å². The second-order valence-corrected chi connectivity index (χ2v) is 5.17. The van der Waals surface area contributed by atoms with Crippen molar-refractivity contribution in [2.75, 3.05) is 32.8 Å². The van der Waals surface area contributed by atoms with Gasteiger partial charge in [-0.1, -0.05) is 30.3 Å². The zero-order valence-electron chi connectivity index (χ0n) is 11.8. The largest absolute Gasteiger partial charge is 0.394 e. The van der Waals surface area contributed by atoms with Crippen molar-refractivity contribution in [2.24, 2.45) is 0 Å². The number of benzene rings is 1. The lowest BCUT2D eigenvalue weighted by Crippen LogP contribution is -2.38. The Balaban J connectivity index is 1.67. The highest BCUT2D eigenvalue weighted by atomic mass is 16.5. The Bertz CT molecular complexity index is 399. The van der Waals surface area contributed by atoms with E-state index in [0.717, 1.165) is 38.0 Å². The van der Waals surface area contributed by atoms with E-state index < -0.39 is 0 Å². The molecule has 0 bridgehead atoms. The number of hydrogen-bond acceptors (Lipinski definition) is 4. The van der Waals surface area contributed by atoms with Gasteiger partial charge in [0.25, 0.3) is 0 Å². The molecule has 4 heteroatoms. The molecule has 1 aliphatic rings. The maximum atomic E-state index is 12.0. The molecule has 0 saturated carbocycles. The van der Waals surface area contributed by atoms with Gasteiger partial charge in [-0.15, -0.1) is 0 Å². The topological polar surface area (TPSA) is 49.8 Å². The number of aliphatic hydroxyl groups excluding tert-OH is 1. The Morgan fingerprint density at radius 2 is 1.95 bits per heavy atom. The normalized spacial score (nSPS) is 17.2. The monoisotopic (exact) mass is 277 g/mol. The molecule has 1 aromatic carbocycles. The number of hydrogen-bond donors (Lipinski definition) is 1. The summed E-state index contributed by atoms with van der Waals surface area (Å²) < 4.78 is 5.53. The molecule has 1 N–H and O–H groups in total. The van der Waals surface area contributed by atoms with Crippen molar-refractivity contribution in [3.63, 3.8) is 0 Å². The van der Waals surface area contributed by atoms with E-state index in [1.807, 2.05) is 30.3 Å². The van der Waals surface area contributed by atoms with Gasteiger partial charge in [-0.05, 0) is 12.8 Å². The highest BCUT2D eigenvalue weighted by Crippen LogP contribution is 2.14. The number of carbonyl (C=O) groups is 1. The van der Waals surface area contributed by atoms with Crippen molar-refractivity contribution in [1.29, 1.82) is 0 Å². The number of ketones is 1. The summed E-state index contributed by atoms with van der Waals surface area (Å²) in [5.74, 6) is 0.212. The molecule has 1 fully saturated rings. The molecule has 0 unspecified atom stereocenters. The van der Waals surface area contributed by atoms with E-state index >= 15 is 0 Å². The van der Waals surface area contributed by atoms with E-state index in [9.17, 15) is 4.79 Å². The van der Waals surface area contributed by atoms with E-state index in [1.54, 1.807) is 0 Å². The average molecular weight is 277 g/mol. The summed E-state index contributed by atoms with van der Waals surface area (Å²) in [6, 6.07) is 9.47. The Hall–Kier alpha value is -1.23. The van der Waals surface area contributed by atoms with Gasteiger partial charge in [0.05, 0.1) is 19.3 Å². The Kier molecular flexibility index (Phi) is 6.18. The number of rotatable bonds is 7. The summed E-state index contributed by atoms with van der Waals surface area (Å²) in [4.78, 5) is 14.3. The maximum absolute atomic E-state index is 12.0. The molecule has 20 heavy (non-hydrogen) atoms. The number of ether oxygens (including phenoxy) is 1. The van der Waals surface area contributed by atoms with Crippen molar-refractivity contribution in [3.05, 3.63) is 35.9 Å². The second kappa shape index (κ2) is 8.15. The molecule has 1 heterocycles. The first-order valence-corrected chi connectivity index (χ1v) is 7.32. The fourth-order valence-electron chi connectivity index (χ4n) is 2.55. The van der Waals surface area contributed by atoms with Crippen LogP contribution in [0, 0.1) is 0 Å². The molecule has 0 aromatic heterocycles. The second-order valence-electron chi connectivity index (χ2n) is 5.17. The van der Waals surface area contributed by atoms with E-state index in [2.05, 4.69) is 4.90 Å². The highest BCUT2D eigenvalue weighted by molar-refractivity contribution is 5.96. The van der Waals surface area contributed by atoms with Crippen LogP contribution in [0.1, 0.15) is 29.6 Å². The van der Waals surface area contributed by atoms with E-state index in [1.165, 1.54) is 0 Å². The molecule has 0 aliphatic carbocycles. The standard InChI is InChI=1S/C16H23NO3/c18-12-13-20-15-6-9-17(10-7-15)11-8-16(19)14-4-2-1-3-5-14/h1-5,15,18H,6-13H2. The Morgan fingerprint density at radius 3 is 2.60 bits per heavy atom. The third-order valence-corrected chi connectivity index (χ3v) is 3.73. The zero-order chi connectivity index (χ0) is 14.2. The molecule has 110 valence electrons. The molecule has 0 atom stereocenters. The van der Waals surface area contributed by atoms with Gasteiger partial charge in [-0.2, -0.15) is 0 Å². The van der Waals surface area contributed by atoms with Gasteiger partial charge in [0.15, 0.2) is 5.78 Å². The predicted molar refractivity (Wildman–Crippen MR) is 77.9 cm³/mol. The summed E-state index contributed by atoms with van der Waals surface area (Å²) in [5.41, 5.74) is 0.800. The average Bonchev–Trinajstić information content (AvgIpc) is 2.52. The lowest BCUT2D eigenvalue weighted by Gasteiger charge is -2.31. The molecule has 4 nitrogen and oxygen atoms in total. The van der Waals surface area contributed by atoms with Gasteiger partial charge in [0.2, 0.25) is 0 Å². The number of carbonyl (C=O) groups excluding carboxylic acids is 1.